The van der Waals surface area contributed by atoms with E-state index >= 15 is 0 Å². The molecule has 1 fully saturated rings. The van der Waals surface area contributed by atoms with E-state index in [1.165, 1.54) is 36.8 Å². The van der Waals surface area contributed by atoms with Crippen molar-refractivity contribution in [2.75, 3.05) is 7.11 Å². The van der Waals surface area contributed by atoms with Crippen molar-refractivity contribution in [3.05, 3.63) is 65.3 Å². The van der Waals surface area contributed by atoms with E-state index in [0.717, 1.165) is 17.8 Å². The first kappa shape index (κ1) is 18.2. The quantitative estimate of drug-likeness (QED) is 0.774. The lowest BCUT2D eigenvalue weighted by molar-refractivity contribution is 0.324. The fourth-order valence-corrected chi connectivity index (χ4v) is 5.25. The van der Waals surface area contributed by atoms with E-state index in [-0.39, 0.29) is 5.75 Å². The van der Waals surface area contributed by atoms with Crippen LogP contribution in [0.25, 0.3) is 0 Å². The highest BCUT2D eigenvalue weighted by atomic mass is 16.5. The van der Waals surface area contributed by atoms with E-state index in [0.29, 0.717) is 23.8 Å². The molecule has 5 heteroatoms. The van der Waals surface area contributed by atoms with Crippen LogP contribution >= 0.6 is 0 Å². The van der Waals surface area contributed by atoms with Crippen LogP contribution in [-0.4, -0.2) is 24.1 Å². The van der Waals surface area contributed by atoms with E-state index < -0.39 is 6.17 Å². The van der Waals surface area contributed by atoms with Crippen LogP contribution < -0.4 is 5.32 Å². The Bertz CT molecular complexity index is 957. The molecule has 4 atom stereocenters. The molecule has 5 rings (SSSR count). The lowest BCUT2D eigenvalue weighted by atomic mass is 9.64. The number of para-hydroxylation sites is 1. The van der Waals surface area contributed by atoms with E-state index in [1.54, 1.807) is 13.2 Å². The first-order valence-corrected chi connectivity index (χ1v) is 10.6. The Morgan fingerprint density at radius 3 is 2.86 bits per heavy atom. The second kappa shape index (κ2) is 7.54. The number of phenols is 1. The number of ether oxygens (including phenoxy) is 1. The molecule has 0 saturated heterocycles. The summed E-state index contributed by atoms with van der Waals surface area (Å²) in [6, 6.07) is 7.75. The summed E-state index contributed by atoms with van der Waals surface area (Å²) in [7, 11) is 1.62. The summed E-state index contributed by atoms with van der Waals surface area (Å²) >= 11 is 0. The number of nitrogens with one attached hydrogen (secondary N) is 1. The highest BCUT2D eigenvalue weighted by Gasteiger charge is 2.39. The van der Waals surface area contributed by atoms with Gasteiger partial charge in [-0.15, -0.1) is 0 Å². The second-order valence-electron chi connectivity index (χ2n) is 8.26. The molecule has 4 unspecified atom stereocenters. The molecule has 0 spiro atoms. The fraction of sp³-hybridized carbons (Fsp3) is 0.417. The largest absolute Gasteiger partial charge is 0.508 e. The maximum absolute atomic E-state index is 10.4. The van der Waals surface area contributed by atoms with Crippen molar-refractivity contribution in [1.82, 2.24) is 5.32 Å². The highest BCUT2D eigenvalue weighted by Crippen LogP contribution is 2.48. The molecule has 3 aliphatic carbocycles. The predicted octanol–water partition coefficient (Wildman–Crippen LogP) is 4.64. The zero-order chi connectivity index (χ0) is 19.8. The molecule has 1 aliphatic heterocycles. The molecule has 1 aromatic rings. The molecule has 0 amide bonds. The lowest BCUT2D eigenvalue weighted by Gasteiger charge is -2.41. The molecular formula is C24H27N3O2. The number of aliphatic imine (C=N–C) groups is 2. The van der Waals surface area contributed by atoms with Crippen molar-refractivity contribution in [2.24, 2.45) is 27.7 Å². The summed E-state index contributed by atoms with van der Waals surface area (Å²) in [5.74, 6) is 2.42. The topological polar surface area (TPSA) is 66.2 Å². The van der Waals surface area contributed by atoms with Crippen LogP contribution in [0.5, 0.6) is 5.75 Å². The van der Waals surface area contributed by atoms with Crippen LogP contribution in [0.15, 0.2) is 69.7 Å². The van der Waals surface area contributed by atoms with Crippen LogP contribution in [0.4, 0.5) is 0 Å². The Balaban J connectivity index is 1.63. The number of fused-ring (bicyclic) bond motifs is 2. The third-order valence-electron chi connectivity index (χ3n) is 6.61. The number of phenolic OH excluding ortho intramolecular Hbond substituents is 1. The minimum Gasteiger partial charge on any atom is -0.508 e. The summed E-state index contributed by atoms with van der Waals surface area (Å²) in [5.41, 5.74) is 3.54. The van der Waals surface area contributed by atoms with Crippen molar-refractivity contribution in [3.63, 3.8) is 0 Å². The zero-order valence-corrected chi connectivity index (χ0v) is 16.7. The van der Waals surface area contributed by atoms with E-state index in [2.05, 4.69) is 29.6 Å². The van der Waals surface area contributed by atoms with Gasteiger partial charge in [-0.1, -0.05) is 54.5 Å². The Kier molecular flexibility index (Phi) is 4.74. The Morgan fingerprint density at radius 1 is 1.14 bits per heavy atom. The Hall–Kier alpha value is -2.82. The average molecular weight is 389 g/mol. The number of amidine groups is 2. The van der Waals surface area contributed by atoms with Crippen molar-refractivity contribution >= 4 is 11.9 Å². The van der Waals surface area contributed by atoms with Gasteiger partial charge in [0.2, 0.25) is 0 Å². The van der Waals surface area contributed by atoms with Gasteiger partial charge >= 0.3 is 0 Å². The lowest BCUT2D eigenvalue weighted by Crippen LogP contribution is -2.37. The Labute approximate surface area is 171 Å². The molecule has 0 bridgehead atoms. The monoisotopic (exact) mass is 389 g/mol. The van der Waals surface area contributed by atoms with Gasteiger partial charge in [-0.2, -0.15) is 4.99 Å². The van der Waals surface area contributed by atoms with Crippen molar-refractivity contribution in [2.45, 2.75) is 38.3 Å². The zero-order valence-electron chi connectivity index (χ0n) is 16.7. The van der Waals surface area contributed by atoms with Gasteiger partial charge < -0.3 is 15.2 Å². The van der Waals surface area contributed by atoms with E-state index in [1.807, 2.05) is 18.2 Å². The molecule has 29 heavy (non-hydrogen) atoms. The van der Waals surface area contributed by atoms with Gasteiger partial charge in [0.1, 0.15) is 5.75 Å². The first-order valence-electron chi connectivity index (χ1n) is 10.6. The van der Waals surface area contributed by atoms with Crippen molar-refractivity contribution < 1.29 is 9.84 Å². The van der Waals surface area contributed by atoms with Gasteiger partial charge in [-0.25, -0.2) is 4.99 Å². The standard InChI is InChI=1S/C24H27N3O2/c1-29-24-26-22(19-12-6-7-13-20(19)28)25-23(27-24)21-17-10-4-2-8-15(17)14-16-9-3-5-11-18(16)21/h2,4,6-8,10,12-13,15-17,22,28H,3,5,9,11,14H2,1H3,(H,25,26,27). The smallest absolute Gasteiger partial charge is 0.293 e. The minimum atomic E-state index is -0.419. The minimum absolute atomic E-state index is 0.223. The van der Waals surface area contributed by atoms with Gasteiger partial charge in [0.15, 0.2) is 12.0 Å². The predicted molar refractivity (Wildman–Crippen MR) is 115 cm³/mol. The van der Waals surface area contributed by atoms with Gasteiger partial charge in [0.05, 0.1) is 7.11 Å². The summed E-state index contributed by atoms with van der Waals surface area (Å²) in [5, 5.41) is 13.6. The van der Waals surface area contributed by atoms with Crippen LogP contribution in [0.1, 0.15) is 43.8 Å². The second-order valence-corrected chi connectivity index (χ2v) is 8.26. The number of aromatic hydroxyl groups is 1. The number of benzene rings is 1. The van der Waals surface area contributed by atoms with Gasteiger partial charge in [-0.3, -0.25) is 0 Å². The molecule has 5 nitrogen and oxygen atoms in total. The molecule has 0 aromatic heterocycles. The number of hydrogen-bond donors (Lipinski definition) is 2. The highest BCUT2D eigenvalue weighted by molar-refractivity contribution is 6.07. The van der Waals surface area contributed by atoms with Crippen LogP contribution in [0.3, 0.4) is 0 Å². The third-order valence-corrected chi connectivity index (χ3v) is 6.61. The summed E-state index contributed by atoms with van der Waals surface area (Å²) in [6.07, 6.45) is 14.7. The maximum atomic E-state index is 10.4. The molecule has 4 aliphatic rings. The summed E-state index contributed by atoms with van der Waals surface area (Å²) < 4.78 is 5.50. The molecule has 1 heterocycles. The number of methoxy groups -OCH3 is 1. The van der Waals surface area contributed by atoms with Gasteiger partial charge in [0.25, 0.3) is 6.02 Å². The maximum Gasteiger partial charge on any atom is 0.293 e. The molecule has 0 radical (unpaired) electrons. The summed E-state index contributed by atoms with van der Waals surface area (Å²) in [4.78, 5) is 9.73. The van der Waals surface area contributed by atoms with Crippen molar-refractivity contribution in [3.8, 4) is 5.75 Å². The summed E-state index contributed by atoms with van der Waals surface area (Å²) in [6.45, 7) is 0. The first-order chi connectivity index (χ1) is 14.2. The molecule has 2 N–H and O–H groups in total. The van der Waals surface area contributed by atoms with E-state index in [4.69, 9.17) is 14.7 Å². The van der Waals surface area contributed by atoms with Crippen LogP contribution in [0.2, 0.25) is 0 Å². The van der Waals surface area contributed by atoms with Crippen LogP contribution in [-0.2, 0) is 4.74 Å². The number of hydrogen-bond acceptors (Lipinski definition) is 5. The molecule has 1 aromatic carbocycles. The Morgan fingerprint density at radius 2 is 2.00 bits per heavy atom. The van der Waals surface area contributed by atoms with E-state index in [9.17, 15) is 5.11 Å². The average Bonchev–Trinajstić information content (AvgIpc) is 2.77. The van der Waals surface area contributed by atoms with Gasteiger partial charge in [-0.05, 0) is 43.6 Å². The fourth-order valence-electron chi connectivity index (χ4n) is 5.25. The normalized spacial score (nSPS) is 30.7. The third kappa shape index (κ3) is 3.28. The molecule has 1 saturated carbocycles. The van der Waals surface area contributed by atoms with Crippen molar-refractivity contribution in [1.29, 1.82) is 0 Å². The van der Waals surface area contributed by atoms with Gasteiger partial charge in [0, 0.05) is 17.1 Å². The SMILES string of the molecule is COC1=NC(C2=C3CCCCC3CC3C=CC=CC23)=NC(c2ccccc2O)N1. The van der Waals surface area contributed by atoms with Crippen LogP contribution in [0, 0.1) is 17.8 Å². The number of rotatable bonds is 2. The number of nitrogens with zero attached hydrogens (tertiary/aromatic N) is 2. The molecular weight excluding hydrogens is 362 g/mol. The molecule has 150 valence electrons. The number of allylic oxidation sites excluding steroid dienone is 5.